The Labute approximate surface area is 268 Å². The molecule has 0 amide bonds. The number of methoxy groups -OCH3 is 3. The molecule has 10 nitrogen and oxygen atoms in total. The van der Waals surface area contributed by atoms with Gasteiger partial charge in [-0.05, 0) is 41.3 Å². The molecule has 1 aliphatic rings. The first-order valence-corrected chi connectivity index (χ1v) is 15.7. The Bertz CT molecular complexity index is 1660. The number of ether oxygens (including phenoxy) is 4. The molecule has 2 heterocycles. The van der Waals surface area contributed by atoms with Gasteiger partial charge in [0, 0.05) is 29.8 Å². The van der Waals surface area contributed by atoms with Gasteiger partial charge < -0.3 is 23.8 Å². The van der Waals surface area contributed by atoms with E-state index in [1.807, 2.05) is 60.7 Å². The molecule has 0 spiro atoms. The Morgan fingerprint density at radius 1 is 0.956 bits per heavy atom. The van der Waals surface area contributed by atoms with Crippen molar-refractivity contribution in [2.45, 2.75) is 31.3 Å². The van der Waals surface area contributed by atoms with Gasteiger partial charge in [0.25, 0.3) is 0 Å². The highest BCUT2D eigenvalue weighted by Gasteiger charge is 2.27. The number of benzene rings is 3. The molecule has 1 saturated heterocycles. The summed E-state index contributed by atoms with van der Waals surface area (Å²) in [5.41, 5.74) is 3.94. The van der Waals surface area contributed by atoms with Crippen LogP contribution in [0.3, 0.4) is 0 Å². The number of nitrogens with zero attached hydrogens (tertiary/aromatic N) is 5. The molecule has 0 atom stereocenters. The van der Waals surface area contributed by atoms with Crippen molar-refractivity contribution < 1.29 is 23.7 Å². The summed E-state index contributed by atoms with van der Waals surface area (Å²) in [6.45, 7) is 9.10. The van der Waals surface area contributed by atoms with Gasteiger partial charge in [0.1, 0.15) is 5.75 Å². The highest BCUT2D eigenvalue weighted by Crippen LogP contribution is 2.41. The summed E-state index contributed by atoms with van der Waals surface area (Å²) >= 11 is 1.30. The second-order valence-corrected chi connectivity index (χ2v) is 12.4. The van der Waals surface area contributed by atoms with Gasteiger partial charge in [-0.2, -0.15) is 9.78 Å². The SMILES string of the molecule is COc1ccc(/C=N/n2c(SCC(=O)c3cc(N4CCOCC4)c(OC)c(C(C)(C)C)c3)nnc2-c2ccccc2)cc1OC. The maximum atomic E-state index is 13.8. The topological polar surface area (TPSA) is 100 Å². The summed E-state index contributed by atoms with van der Waals surface area (Å²) < 4.78 is 24.0. The monoisotopic (exact) mass is 629 g/mol. The minimum atomic E-state index is -0.237. The number of carbonyl (C=O) groups is 1. The van der Waals surface area contributed by atoms with Gasteiger partial charge in [0.2, 0.25) is 5.16 Å². The molecule has 0 unspecified atom stereocenters. The third kappa shape index (κ3) is 7.32. The Morgan fingerprint density at radius 2 is 1.69 bits per heavy atom. The number of thioether (sulfide) groups is 1. The van der Waals surface area contributed by atoms with E-state index in [1.165, 1.54) is 11.8 Å². The molecule has 0 aliphatic carbocycles. The number of anilines is 1. The first kappa shape index (κ1) is 32.1. The van der Waals surface area contributed by atoms with Crippen LogP contribution in [0.15, 0.2) is 70.9 Å². The molecular formula is C34H39N5O5S. The Balaban J connectivity index is 1.46. The molecule has 0 radical (unpaired) electrons. The Morgan fingerprint density at radius 3 is 2.36 bits per heavy atom. The largest absolute Gasteiger partial charge is 0.494 e. The van der Waals surface area contributed by atoms with Crippen LogP contribution >= 0.6 is 11.8 Å². The normalized spacial score (nSPS) is 13.7. The van der Waals surface area contributed by atoms with Crippen molar-refractivity contribution in [1.82, 2.24) is 14.9 Å². The minimum absolute atomic E-state index is 0.0256. The van der Waals surface area contributed by atoms with Gasteiger partial charge in [-0.15, -0.1) is 10.2 Å². The van der Waals surface area contributed by atoms with Crippen molar-refractivity contribution >= 4 is 29.4 Å². The molecule has 3 aromatic carbocycles. The van der Waals surface area contributed by atoms with E-state index < -0.39 is 0 Å². The fourth-order valence-electron chi connectivity index (χ4n) is 5.08. The van der Waals surface area contributed by atoms with E-state index in [0.29, 0.717) is 41.3 Å². The number of aromatic nitrogens is 3. The third-order valence-electron chi connectivity index (χ3n) is 7.46. The Kier molecular flexibility index (Phi) is 10.1. The van der Waals surface area contributed by atoms with E-state index in [4.69, 9.17) is 24.0 Å². The predicted molar refractivity (Wildman–Crippen MR) is 178 cm³/mol. The Hall–Kier alpha value is -4.35. The molecular weight excluding hydrogens is 590 g/mol. The molecule has 5 rings (SSSR count). The van der Waals surface area contributed by atoms with Crippen molar-refractivity contribution in [1.29, 1.82) is 0 Å². The summed E-state index contributed by atoms with van der Waals surface area (Å²) in [6.07, 6.45) is 1.71. The zero-order valence-electron chi connectivity index (χ0n) is 26.6. The summed E-state index contributed by atoms with van der Waals surface area (Å²) in [5.74, 6) is 2.71. The van der Waals surface area contributed by atoms with Gasteiger partial charge >= 0.3 is 0 Å². The lowest BCUT2D eigenvalue weighted by molar-refractivity contribution is 0.102. The number of ketones is 1. The van der Waals surface area contributed by atoms with Crippen molar-refractivity contribution in [2.24, 2.45) is 5.10 Å². The van der Waals surface area contributed by atoms with Crippen molar-refractivity contribution in [3.8, 4) is 28.6 Å². The summed E-state index contributed by atoms with van der Waals surface area (Å²) in [7, 11) is 4.87. The number of carbonyl (C=O) groups excluding carboxylic acids is 1. The van der Waals surface area contributed by atoms with Crippen molar-refractivity contribution in [3.05, 3.63) is 77.4 Å². The third-order valence-corrected chi connectivity index (χ3v) is 8.38. The molecule has 0 N–H and O–H groups in total. The van der Waals surface area contributed by atoms with Crippen molar-refractivity contribution in [3.63, 3.8) is 0 Å². The lowest BCUT2D eigenvalue weighted by Gasteiger charge is -2.33. The van der Waals surface area contributed by atoms with Crippen LogP contribution in [0.1, 0.15) is 42.3 Å². The zero-order valence-corrected chi connectivity index (χ0v) is 27.4. The summed E-state index contributed by atoms with van der Waals surface area (Å²) in [4.78, 5) is 16.0. The standard InChI is InChI=1S/C34H39N5O5S/c1-34(2,3)26-19-25(20-27(31(26)43-6)38-14-16-44-17-15-38)28(40)22-45-33-37-36-32(24-10-8-7-9-11-24)39(33)35-21-23-12-13-29(41-4)30(18-23)42-5/h7-13,18-21H,14-17,22H2,1-6H3/b35-21+. The molecule has 11 heteroatoms. The van der Waals surface area contributed by atoms with E-state index in [1.54, 1.807) is 32.2 Å². The maximum absolute atomic E-state index is 13.8. The van der Waals surface area contributed by atoms with E-state index in [-0.39, 0.29) is 17.0 Å². The van der Waals surface area contributed by atoms with Gasteiger partial charge in [-0.25, -0.2) is 0 Å². The number of hydrogen-bond acceptors (Lipinski definition) is 10. The van der Waals surface area contributed by atoms with Crippen LogP contribution in [0.2, 0.25) is 0 Å². The molecule has 1 fully saturated rings. The molecule has 45 heavy (non-hydrogen) atoms. The average molecular weight is 630 g/mol. The molecule has 4 aromatic rings. The number of morpholine rings is 1. The number of hydrogen-bond donors (Lipinski definition) is 0. The van der Waals surface area contributed by atoms with E-state index >= 15 is 0 Å². The lowest BCUT2D eigenvalue weighted by atomic mass is 9.84. The van der Waals surface area contributed by atoms with Gasteiger partial charge in [0.05, 0.1) is 52.2 Å². The molecule has 1 aromatic heterocycles. The van der Waals surface area contributed by atoms with Crippen LogP contribution < -0.4 is 19.1 Å². The van der Waals surface area contributed by atoms with Crippen LogP contribution in [0, 0.1) is 0 Å². The zero-order chi connectivity index (χ0) is 32.0. The number of rotatable bonds is 11. The molecule has 0 saturated carbocycles. The summed E-state index contributed by atoms with van der Waals surface area (Å²) in [5, 5.41) is 14.1. The molecule has 1 aliphatic heterocycles. The van der Waals surface area contributed by atoms with Crippen LogP contribution in [-0.4, -0.2) is 80.3 Å². The van der Waals surface area contributed by atoms with Gasteiger partial charge in [-0.3, -0.25) is 4.79 Å². The smallest absolute Gasteiger partial charge is 0.212 e. The fourth-order valence-corrected chi connectivity index (χ4v) is 5.86. The van der Waals surface area contributed by atoms with Crippen LogP contribution in [0.4, 0.5) is 5.69 Å². The second-order valence-electron chi connectivity index (χ2n) is 11.5. The average Bonchev–Trinajstić information content (AvgIpc) is 3.48. The van der Waals surface area contributed by atoms with Crippen LogP contribution in [-0.2, 0) is 10.2 Å². The first-order valence-electron chi connectivity index (χ1n) is 14.7. The molecule has 236 valence electrons. The van der Waals surface area contributed by atoms with Crippen LogP contribution in [0.5, 0.6) is 17.2 Å². The minimum Gasteiger partial charge on any atom is -0.494 e. The second kappa shape index (κ2) is 14.2. The van der Waals surface area contributed by atoms with Crippen LogP contribution in [0.25, 0.3) is 11.4 Å². The molecule has 0 bridgehead atoms. The van der Waals surface area contributed by atoms with Gasteiger partial charge in [-0.1, -0.05) is 62.9 Å². The highest BCUT2D eigenvalue weighted by molar-refractivity contribution is 7.99. The van der Waals surface area contributed by atoms with Gasteiger partial charge in [0.15, 0.2) is 23.1 Å². The predicted octanol–water partition coefficient (Wildman–Crippen LogP) is 5.96. The highest BCUT2D eigenvalue weighted by atomic mass is 32.2. The van der Waals surface area contributed by atoms with E-state index in [0.717, 1.165) is 41.2 Å². The van der Waals surface area contributed by atoms with E-state index in [9.17, 15) is 4.79 Å². The quantitative estimate of drug-likeness (QED) is 0.113. The first-order chi connectivity index (χ1) is 21.7. The lowest BCUT2D eigenvalue weighted by Crippen LogP contribution is -2.37. The fraction of sp³-hybridized carbons (Fsp3) is 0.353. The maximum Gasteiger partial charge on any atom is 0.212 e. The number of Topliss-reactive ketones (excluding diaryl/α,β-unsaturated/α-hetero) is 1. The van der Waals surface area contributed by atoms with E-state index in [2.05, 4.69) is 35.9 Å². The summed E-state index contributed by atoms with van der Waals surface area (Å²) in [6, 6.07) is 19.2. The van der Waals surface area contributed by atoms with Crippen molar-refractivity contribution in [2.75, 3.05) is 58.3 Å².